The van der Waals surface area contributed by atoms with Crippen LogP contribution in [0.15, 0.2) is 34.3 Å². The summed E-state index contributed by atoms with van der Waals surface area (Å²) in [6, 6.07) is 0. The average Bonchev–Trinajstić information content (AvgIpc) is 3.21. The van der Waals surface area contributed by atoms with E-state index in [9.17, 15) is 4.79 Å². The SMILES string of the molecule is COC[C@@H](OC)C1=NC(=O)C2SC(c3cn[nH]c3)=C3OCCCC1=C32. The number of H-pyrrole nitrogens is 1. The lowest BCUT2D eigenvalue weighted by atomic mass is 9.90. The highest BCUT2D eigenvalue weighted by Gasteiger charge is 2.44. The quantitative estimate of drug-likeness (QED) is 0.863. The summed E-state index contributed by atoms with van der Waals surface area (Å²) in [6.45, 7) is 0.964. The van der Waals surface area contributed by atoms with Crippen molar-refractivity contribution in [1.29, 1.82) is 0 Å². The number of hydrogen-bond donors (Lipinski definition) is 1. The molecule has 132 valence electrons. The molecule has 2 atom stereocenters. The fraction of sp³-hybridized carbons (Fsp3) is 0.471. The molecule has 3 aliphatic rings. The van der Waals surface area contributed by atoms with Crippen LogP contribution in [0.3, 0.4) is 0 Å². The number of dihydropyridines is 1. The largest absolute Gasteiger partial charge is 0.492 e. The van der Waals surface area contributed by atoms with Gasteiger partial charge in [0.05, 0.1) is 30.0 Å². The van der Waals surface area contributed by atoms with Crippen molar-refractivity contribution in [3.8, 4) is 0 Å². The molecule has 0 saturated heterocycles. The van der Waals surface area contributed by atoms with Crippen molar-refractivity contribution < 1.29 is 19.0 Å². The van der Waals surface area contributed by atoms with E-state index in [1.807, 2.05) is 6.20 Å². The van der Waals surface area contributed by atoms with E-state index in [4.69, 9.17) is 14.2 Å². The van der Waals surface area contributed by atoms with E-state index >= 15 is 0 Å². The molecule has 1 unspecified atom stereocenters. The maximum Gasteiger partial charge on any atom is 0.264 e. The maximum absolute atomic E-state index is 12.7. The normalized spacial score (nSPS) is 24.0. The van der Waals surface area contributed by atoms with Crippen LogP contribution in [0.4, 0.5) is 0 Å². The van der Waals surface area contributed by atoms with E-state index in [1.54, 1.807) is 20.4 Å². The van der Waals surface area contributed by atoms with Crippen molar-refractivity contribution in [2.45, 2.75) is 24.2 Å². The number of hydrogen-bond acceptors (Lipinski definition) is 6. The Hall–Kier alpha value is -1.90. The molecule has 1 amide bonds. The van der Waals surface area contributed by atoms with Crippen LogP contribution in [0.5, 0.6) is 0 Å². The Morgan fingerprint density at radius 2 is 2.36 bits per heavy atom. The molecule has 0 aromatic carbocycles. The summed E-state index contributed by atoms with van der Waals surface area (Å²) in [6.07, 6.45) is 4.88. The number of aliphatic imine (C=N–C) groups is 1. The van der Waals surface area contributed by atoms with Gasteiger partial charge in [0.25, 0.3) is 5.91 Å². The van der Waals surface area contributed by atoms with Gasteiger partial charge in [-0.25, -0.2) is 4.99 Å². The predicted molar refractivity (Wildman–Crippen MR) is 94.2 cm³/mol. The van der Waals surface area contributed by atoms with Gasteiger partial charge in [-0.3, -0.25) is 9.89 Å². The van der Waals surface area contributed by atoms with Gasteiger partial charge >= 0.3 is 0 Å². The Balaban J connectivity index is 1.85. The lowest BCUT2D eigenvalue weighted by Crippen LogP contribution is -2.36. The van der Waals surface area contributed by atoms with E-state index < -0.39 is 0 Å². The van der Waals surface area contributed by atoms with Crippen LogP contribution in [-0.4, -0.2) is 60.6 Å². The first-order valence-electron chi connectivity index (χ1n) is 8.15. The first kappa shape index (κ1) is 16.6. The zero-order valence-corrected chi connectivity index (χ0v) is 14.9. The highest BCUT2D eigenvalue weighted by atomic mass is 32.2. The number of aromatic amines is 1. The Labute approximate surface area is 149 Å². The summed E-state index contributed by atoms with van der Waals surface area (Å²) in [5, 5.41) is 6.49. The Morgan fingerprint density at radius 3 is 3.08 bits per heavy atom. The third-order valence-electron chi connectivity index (χ3n) is 4.52. The molecule has 0 aliphatic carbocycles. The van der Waals surface area contributed by atoms with Crippen LogP contribution in [-0.2, 0) is 19.0 Å². The molecule has 4 rings (SSSR count). The second-order valence-electron chi connectivity index (χ2n) is 6.00. The number of carbonyl (C=O) groups is 1. The van der Waals surface area contributed by atoms with E-state index in [-0.39, 0.29) is 17.3 Å². The number of rotatable bonds is 5. The fourth-order valence-corrected chi connectivity index (χ4v) is 4.68. The summed E-state index contributed by atoms with van der Waals surface area (Å²) in [4.78, 5) is 18.0. The molecular weight excluding hydrogens is 342 g/mol. The second kappa shape index (κ2) is 6.78. The van der Waals surface area contributed by atoms with E-state index in [0.29, 0.717) is 18.9 Å². The van der Waals surface area contributed by atoms with Gasteiger partial charge in [-0.1, -0.05) is 0 Å². The van der Waals surface area contributed by atoms with Crippen molar-refractivity contribution in [3.63, 3.8) is 0 Å². The number of methoxy groups -OCH3 is 2. The number of aromatic nitrogens is 2. The van der Waals surface area contributed by atoms with Gasteiger partial charge in [-0.05, 0) is 18.4 Å². The van der Waals surface area contributed by atoms with Gasteiger partial charge in [0, 0.05) is 31.6 Å². The molecule has 1 N–H and O–H groups in total. The second-order valence-corrected chi connectivity index (χ2v) is 7.12. The third-order valence-corrected chi connectivity index (χ3v) is 5.85. The first-order chi connectivity index (χ1) is 12.2. The molecule has 1 aromatic rings. The number of amides is 1. The van der Waals surface area contributed by atoms with Crippen LogP contribution in [0.2, 0.25) is 0 Å². The monoisotopic (exact) mass is 361 g/mol. The minimum absolute atomic E-state index is 0.168. The highest BCUT2D eigenvalue weighted by molar-refractivity contribution is 8.10. The number of nitrogens with one attached hydrogen (secondary N) is 1. The molecule has 0 saturated carbocycles. The average molecular weight is 361 g/mol. The topological polar surface area (TPSA) is 85.8 Å². The minimum Gasteiger partial charge on any atom is -0.492 e. The molecule has 1 aromatic heterocycles. The zero-order valence-electron chi connectivity index (χ0n) is 14.1. The number of ether oxygens (including phenoxy) is 3. The summed E-state index contributed by atoms with van der Waals surface area (Å²) in [5.41, 5.74) is 3.62. The molecule has 8 heteroatoms. The van der Waals surface area contributed by atoms with E-state index in [1.165, 1.54) is 11.8 Å². The van der Waals surface area contributed by atoms with E-state index in [0.717, 1.165) is 40.2 Å². The molecular formula is C17H19N3O4S. The van der Waals surface area contributed by atoms with Crippen LogP contribution >= 0.6 is 11.8 Å². The van der Waals surface area contributed by atoms with Gasteiger partial charge in [-0.2, -0.15) is 5.10 Å². The van der Waals surface area contributed by atoms with Crippen LogP contribution in [0.1, 0.15) is 18.4 Å². The first-order valence-corrected chi connectivity index (χ1v) is 9.03. The summed E-state index contributed by atoms with van der Waals surface area (Å²) < 4.78 is 16.8. The van der Waals surface area contributed by atoms with Crippen LogP contribution < -0.4 is 0 Å². The van der Waals surface area contributed by atoms with Crippen molar-refractivity contribution in [3.05, 3.63) is 34.9 Å². The van der Waals surface area contributed by atoms with Gasteiger partial charge in [0.15, 0.2) is 0 Å². The molecule has 4 heterocycles. The molecule has 0 bridgehead atoms. The molecule has 0 spiro atoms. The summed E-state index contributed by atoms with van der Waals surface area (Å²) >= 11 is 1.49. The van der Waals surface area contributed by atoms with Gasteiger partial charge in [-0.15, -0.1) is 11.8 Å². The number of thioether (sulfide) groups is 1. The van der Waals surface area contributed by atoms with Crippen molar-refractivity contribution >= 4 is 28.3 Å². The zero-order chi connectivity index (χ0) is 17.4. The van der Waals surface area contributed by atoms with Crippen molar-refractivity contribution in [1.82, 2.24) is 10.2 Å². The predicted octanol–water partition coefficient (Wildman–Crippen LogP) is 1.94. The Bertz CT molecular complexity index is 782. The lowest BCUT2D eigenvalue weighted by molar-refractivity contribution is -0.116. The highest BCUT2D eigenvalue weighted by Crippen LogP contribution is 2.52. The smallest absolute Gasteiger partial charge is 0.264 e. The maximum atomic E-state index is 12.7. The van der Waals surface area contributed by atoms with Gasteiger partial charge < -0.3 is 14.2 Å². The molecule has 3 aliphatic heterocycles. The van der Waals surface area contributed by atoms with Crippen LogP contribution in [0, 0.1) is 0 Å². The molecule has 0 fully saturated rings. The third kappa shape index (κ3) is 2.74. The van der Waals surface area contributed by atoms with Crippen molar-refractivity contribution in [2.24, 2.45) is 4.99 Å². The summed E-state index contributed by atoms with van der Waals surface area (Å²) in [5.74, 6) is 0.621. The fourth-order valence-electron chi connectivity index (χ4n) is 3.40. The Morgan fingerprint density at radius 1 is 1.48 bits per heavy atom. The lowest BCUT2D eigenvalue weighted by Gasteiger charge is -2.25. The number of allylic oxidation sites excluding steroid dienone is 1. The number of nitrogens with zero attached hydrogens (tertiary/aromatic N) is 2. The molecule has 7 nitrogen and oxygen atoms in total. The van der Waals surface area contributed by atoms with Crippen molar-refractivity contribution in [2.75, 3.05) is 27.4 Å². The molecule has 0 radical (unpaired) electrons. The molecule has 25 heavy (non-hydrogen) atoms. The number of carbonyl (C=O) groups excluding carboxylic acids is 1. The van der Waals surface area contributed by atoms with Gasteiger partial charge in [0.1, 0.15) is 17.1 Å². The standard InChI is InChI=1S/C17H19N3O4S/c1-22-8-11(23-2)13-10-4-3-5-24-14-12(10)16(17(21)20-13)25-15(14)9-6-18-19-7-9/h6-7,11,16H,3-5,8H2,1-2H3,(H,18,19)/t11-,16?/m1/s1. The van der Waals surface area contributed by atoms with Crippen LogP contribution in [0.25, 0.3) is 4.91 Å². The summed E-state index contributed by atoms with van der Waals surface area (Å²) in [7, 11) is 3.22. The minimum atomic E-state index is -0.361. The Kier molecular flexibility index (Phi) is 4.49. The van der Waals surface area contributed by atoms with Gasteiger partial charge in [0.2, 0.25) is 0 Å². The van der Waals surface area contributed by atoms with E-state index in [2.05, 4.69) is 15.2 Å².